The average molecular weight is 552 g/mol. The molecule has 192 valence electrons. The molecular weight excluding hydrogens is 525 g/mol. The van der Waals surface area contributed by atoms with Gasteiger partial charge in [0.05, 0.1) is 23.1 Å². The number of benzene rings is 1. The van der Waals surface area contributed by atoms with E-state index < -0.39 is 7.60 Å². The van der Waals surface area contributed by atoms with Crippen molar-refractivity contribution in [3.63, 3.8) is 0 Å². The van der Waals surface area contributed by atoms with Gasteiger partial charge in [-0.25, -0.2) is 15.0 Å². The number of rotatable bonds is 8. The molecule has 0 bridgehead atoms. The number of halogens is 1. The predicted molar refractivity (Wildman–Crippen MR) is 142 cm³/mol. The Morgan fingerprint density at radius 3 is 2.64 bits per heavy atom. The number of nitrogens with one attached hydrogen (secondary N) is 2. The highest BCUT2D eigenvalue weighted by Crippen LogP contribution is 2.34. The molecule has 0 atom stereocenters. The van der Waals surface area contributed by atoms with E-state index in [2.05, 4.69) is 30.5 Å². The maximum Gasteiger partial charge on any atom is 0.326 e. The second-order valence-corrected chi connectivity index (χ2v) is 11.6. The molecule has 3 aromatic rings. The van der Waals surface area contributed by atoms with Crippen LogP contribution in [0.15, 0.2) is 30.5 Å². The third-order valence-corrected chi connectivity index (χ3v) is 7.66. The van der Waals surface area contributed by atoms with Gasteiger partial charge in [-0.15, -0.1) is 0 Å². The zero-order chi connectivity index (χ0) is 25.9. The minimum Gasteiger partial charge on any atom is -0.354 e. The second kappa shape index (κ2) is 11.2. The van der Waals surface area contributed by atoms with E-state index in [1.807, 2.05) is 30.0 Å². The third kappa shape index (κ3) is 7.00. The number of para-hydroxylation sites is 1. The minimum atomic E-state index is -4.00. The summed E-state index contributed by atoms with van der Waals surface area (Å²) in [7, 11) is -4.00. The fourth-order valence-corrected chi connectivity index (χ4v) is 5.29. The van der Waals surface area contributed by atoms with Gasteiger partial charge in [-0.1, -0.05) is 35.1 Å². The van der Waals surface area contributed by atoms with Gasteiger partial charge in [-0.2, -0.15) is 0 Å². The van der Waals surface area contributed by atoms with E-state index >= 15 is 0 Å². The molecular formula is C22H27ClN7O4PS. The monoisotopic (exact) mass is 551 g/mol. The summed E-state index contributed by atoms with van der Waals surface area (Å²) in [5.74, 6) is 1.60. The van der Waals surface area contributed by atoms with Gasteiger partial charge in [0.2, 0.25) is 0 Å². The smallest absolute Gasteiger partial charge is 0.326 e. The normalized spacial score (nSPS) is 14.6. The van der Waals surface area contributed by atoms with Gasteiger partial charge in [0, 0.05) is 38.8 Å². The van der Waals surface area contributed by atoms with E-state index in [1.54, 1.807) is 13.0 Å². The van der Waals surface area contributed by atoms with Crippen molar-refractivity contribution in [2.45, 2.75) is 13.8 Å². The Balaban J connectivity index is 1.39. The second-order valence-electron chi connectivity index (χ2n) is 8.42. The number of anilines is 4. The molecule has 11 nitrogen and oxygen atoms in total. The number of carbonyl (C=O) groups is 1. The Morgan fingerprint density at radius 1 is 1.19 bits per heavy atom. The van der Waals surface area contributed by atoms with E-state index in [4.69, 9.17) is 21.4 Å². The van der Waals surface area contributed by atoms with Gasteiger partial charge in [0.1, 0.15) is 22.3 Å². The summed E-state index contributed by atoms with van der Waals surface area (Å²) in [6.45, 7) is 6.77. The van der Waals surface area contributed by atoms with E-state index in [-0.39, 0.29) is 12.1 Å². The molecule has 0 aliphatic carbocycles. The highest BCUT2D eigenvalue weighted by Gasteiger charge is 2.22. The summed E-state index contributed by atoms with van der Waals surface area (Å²) in [6.07, 6.45) is 1.36. The molecule has 1 amide bonds. The first kappa shape index (κ1) is 26.5. The van der Waals surface area contributed by atoms with Crippen molar-refractivity contribution in [2.24, 2.45) is 0 Å². The number of amides is 1. The Morgan fingerprint density at radius 2 is 1.94 bits per heavy atom. The van der Waals surface area contributed by atoms with Crippen LogP contribution < -0.4 is 15.5 Å². The fourth-order valence-electron chi connectivity index (χ4n) is 3.76. The number of carbonyl (C=O) groups excluding carboxylic acids is 1. The fraction of sp³-hybridized carbons (Fsp3) is 0.364. The number of hydrogen-bond acceptors (Lipinski definition) is 9. The molecule has 1 saturated heterocycles. The molecule has 0 saturated carbocycles. The van der Waals surface area contributed by atoms with Gasteiger partial charge >= 0.3 is 7.60 Å². The number of aryl methyl sites for hydroxylation is 2. The van der Waals surface area contributed by atoms with Crippen LogP contribution >= 0.6 is 30.5 Å². The van der Waals surface area contributed by atoms with Crippen LogP contribution in [0, 0.1) is 13.8 Å². The van der Waals surface area contributed by atoms with Crippen molar-refractivity contribution in [3.8, 4) is 0 Å². The highest BCUT2D eigenvalue weighted by molar-refractivity contribution is 7.51. The molecule has 3 heterocycles. The first-order valence-corrected chi connectivity index (χ1v) is 14.2. The quantitative estimate of drug-likeness (QED) is 0.307. The number of thiazole rings is 1. The van der Waals surface area contributed by atoms with Crippen molar-refractivity contribution in [2.75, 3.05) is 54.4 Å². The molecule has 4 N–H and O–H groups in total. The number of aromatic nitrogens is 3. The maximum atomic E-state index is 12.7. The first-order chi connectivity index (χ1) is 17.1. The van der Waals surface area contributed by atoms with Crippen LogP contribution in [-0.4, -0.2) is 74.4 Å². The number of nitrogens with zero attached hydrogens (tertiary/aromatic N) is 5. The van der Waals surface area contributed by atoms with Crippen LogP contribution in [-0.2, 0) is 4.57 Å². The molecule has 0 radical (unpaired) electrons. The topological polar surface area (TPSA) is 144 Å². The van der Waals surface area contributed by atoms with Crippen molar-refractivity contribution < 1.29 is 19.1 Å². The summed E-state index contributed by atoms with van der Waals surface area (Å²) >= 11 is 7.42. The minimum absolute atomic E-state index is 0.139. The molecule has 1 aliphatic rings. The van der Waals surface area contributed by atoms with Gasteiger partial charge in [0.15, 0.2) is 5.13 Å². The summed E-state index contributed by atoms with van der Waals surface area (Å²) in [5, 5.41) is 6.99. The molecule has 4 rings (SSSR count). The van der Waals surface area contributed by atoms with Crippen LogP contribution in [0.4, 0.5) is 22.5 Å². The van der Waals surface area contributed by atoms with Crippen LogP contribution in [0.3, 0.4) is 0 Å². The summed E-state index contributed by atoms with van der Waals surface area (Å²) in [4.78, 5) is 48.8. The van der Waals surface area contributed by atoms with Crippen LogP contribution in [0.25, 0.3) is 0 Å². The molecule has 36 heavy (non-hydrogen) atoms. The van der Waals surface area contributed by atoms with Crippen molar-refractivity contribution >= 4 is 58.9 Å². The molecule has 2 aromatic heterocycles. The van der Waals surface area contributed by atoms with E-state index in [9.17, 15) is 9.36 Å². The molecule has 0 spiro atoms. The SMILES string of the molecule is Cc1nc(Nc2ncc(C(=O)Nc3c(C)cccc3Cl)s2)cc(N2CCN(CCP(=O)(O)O)CC2)n1. The number of piperazine rings is 1. The standard InChI is InChI=1S/C22H27ClN7O4PS/c1-14-4-3-5-16(23)20(14)28-21(31)17-13-24-22(36-17)27-18-12-19(26-15(2)25-18)30-8-6-29(7-9-30)10-11-35(32,33)34/h3-5,12-13H,6-11H2,1-2H3,(H,28,31)(H2,32,33,34)(H,24,25,26,27). The molecule has 0 unspecified atom stereocenters. The van der Waals surface area contributed by atoms with Gasteiger partial charge in [-0.3, -0.25) is 14.3 Å². The van der Waals surface area contributed by atoms with Gasteiger partial charge in [0.25, 0.3) is 5.91 Å². The van der Waals surface area contributed by atoms with E-state index in [1.165, 1.54) is 17.5 Å². The van der Waals surface area contributed by atoms with E-state index in [0.717, 1.165) is 11.4 Å². The Kier molecular flexibility index (Phi) is 8.23. The summed E-state index contributed by atoms with van der Waals surface area (Å²) in [5.41, 5.74) is 1.44. The highest BCUT2D eigenvalue weighted by atomic mass is 35.5. The van der Waals surface area contributed by atoms with Gasteiger partial charge < -0.3 is 25.3 Å². The largest absolute Gasteiger partial charge is 0.354 e. The van der Waals surface area contributed by atoms with Gasteiger partial charge in [-0.05, 0) is 25.5 Å². The van der Waals surface area contributed by atoms with Crippen LogP contribution in [0.1, 0.15) is 21.1 Å². The summed E-state index contributed by atoms with van der Waals surface area (Å²) in [6, 6.07) is 7.25. The average Bonchev–Trinajstić information content (AvgIpc) is 3.28. The number of hydrogen-bond donors (Lipinski definition) is 4. The third-order valence-electron chi connectivity index (χ3n) is 5.65. The van der Waals surface area contributed by atoms with Crippen molar-refractivity contribution in [3.05, 3.63) is 51.7 Å². The summed E-state index contributed by atoms with van der Waals surface area (Å²) < 4.78 is 11.1. The Hall–Kier alpha value is -2.60. The maximum absolute atomic E-state index is 12.7. The molecule has 14 heteroatoms. The lowest BCUT2D eigenvalue weighted by Gasteiger charge is -2.35. The van der Waals surface area contributed by atoms with Crippen molar-refractivity contribution in [1.29, 1.82) is 0 Å². The molecule has 1 aromatic carbocycles. The molecule has 1 fully saturated rings. The van der Waals surface area contributed by atoms with E-state index in [0.29, 0.717) is 65.1 Å². The lowest BCUT2D eigenvalue weighted by Crippen LogP contribution is -2.47. The predicted octanol–water partition coefficient (Wildman–Crippen LogP) is 3.50. The van der Waals surface area contributed by atoms with Crippen LogP contribution in [0.2, 0.25) is 5.02 Å². The zero-order valence-electron chi connectivity index (χ0n) is 19.8. The lowest BCUT2D eigenvalue weighted by atomic mass is 10.2. The zero-order valence-corrected chi connectivity index (χ0v) is 22.3. The van der Waals surface area contributed by atoms with Crippen LogP contribution in [0.5, 0.6) is 0 Å². The molecule has 1 aliphatic heterocycles. The van der Waals surface area contributed by atoms with Crippen molar-refractivity contribution in [1.82, 2.24) is 19.9 Å². The lowest BCUT2D eigenvalue weighted by molar-refractivity contribution is 0.103. The Labute approximate surface area is 217 Å². The first-order valence-electron chi connectivity index (χ1n) is 11.2. The Bertz CT molecular complexity index is 1270.